The summed E-state index contributed by atoms with van der Waals surface area (Å²) < 4.78 is 14.2. The van der Waals surface area contributed by atoms with Crippen LogP contribution in [0.3, 0.4) is 0 Å². The van der Waals surface area contributed by atoms with Crippen molar-refractivity contribution >= 4 is 80.8 Å². The Morgan fingerprint density at radius 3 is 2.54 bits per heavy atom. The van der Waals surface area contributed by atoms with Crippen molar-refractivity contribution in [1.82, 2.24) is 4.57 Å². The molecule has 1 aliphatic heterocycles. The highest BCUT2D eigenvalue weighted by atomic mass is 127. The quantitative estimate of drug-likeness (QED) is 0.152. The predicted molar refractivity (Wildman–Crippen MR) is 172 cm³/mol. The fourth-order valence-electron chi connectivity index (χ4n) is 4.50. The molecule has 5 rings (SSSR count). The Labute approximate surface area is 268 Å². The molecule has 2 heterocycles. The van der Waals surface area contributed by atoms with Crippen LogP contribution in [0, 0.1) is 3.57 Å². The number of ether oxygens (including phenoxy) is 2. The number of nitrogens with zero attached hydrogens (tertiary/aromatic N) is 2. The van der Waals surface area contributed by atoms with Crippen LogP contribution in [0.2, 0.25) is 15.1 Å². The third-order valence-corrected chi connectivity index (χ3v) is 8.94. The highest BCUT2D eigenvalue weighted by Gasteiger charge is 2.34. The van der Waals surface area contributed by atoms with E-state index in [0.29, 0.717) is 53.6 Å². The first-order chi connectivity index (χ1) is 19.7. The molecule has 4 aromatic rings. The van der Waals surface area contributed by atoms with Gasteiger partial charge in [0.25, 0.3) is 5.56 Å². The van der Waals surface area contributed by atoms with E-state index in [0.717, 1.165) is 9.13 Å². The molecule has 0 spiro atoms. The fourth-order valence-corrected chi connectivity index (χ4v) is 7.12. The van der Waals surface area contributed by atoms with Gasteiger partial charge in [-0.05, 0) is 84.0 Å². The van der Waals surface area contributed by atoms with E-state index in [9.17, 15) is 9.59 Å². The van der Waals surface area contributed by atoms with E-state index < -0.39 is 12.0 Å². The first kappa shape index (κ1) is 29.8. The van der Waals surface area contributed by atoms with Crippen LogP contribution in [0.25, 0.3) is 6.08 Å². The van der Waals surface area contributed by atoms with E-state index in [1.165, 1.54) is 15.9 Å². The largest absolute Gasteiger partial charge is 0.487 e. The van der Waals surface area contributed by atoms with Gasteiger partial charge in [0.15, 0.2) is 4.80 Å². The second-order valence-electron chi connectivity index (χ2n) is 9.04. The molecular formula is C30H22Cl3IN2O4S. The molecule has 1 atom stereocenters. The summed E-state index contributed by atoms with van der Waals surface area (Å²) in [5.74, 6) is 0.0389. The summed E-state index contributed by atoms with van der Waals surface area (Å²) in [6.45, 7) is 3.94. The maximum Gasteiger partial charge on any atom is 0.338 e. The van der Waals surface area contributed by atoms with E-state index in [1.54, 1.807) is 62.4 Å². The molecule has 11 heteroatoms. The molecule has 0 amide bonds. The molecule has 0 aliphatic carbocycles. The molecule has 6 nitrogen and oxygen atoms in total. The molecule has 0 saturated heterocycles. The normalized spacial score (nSPS) is 15.0. The van der Waals surface area contributed by atoms with Crippen LogP contribution in [0.15, 0.2) is 81.7 Å². The van der Waals surface area contributed by atoms with Gasteiger partial charge in [-0.1, -0.05) is 76.5 Å². The zero-order valence-electron chi connectivity index (χ0n) is 21.8. The first-order valence-corrected chi connectivity index (χ1v) is 15.5. The molecular weight excluding hydrogens is 718 g/mol. The summed E-state index contributed by atoms with van der Waals surface area (Å²) in [6, 6.07) is 17.3. The Morgan fingerprint density at radius 2 is 1.83 bits per heavy atom. The number of aromatic nitrogens is 1. The maximum absolute atomic E-state index is 14.0. The molecule has 0 unspecified atom stereocenters. The number of hydrogen-bond acceptors (Lipinski definition) is 6. The van der Waals surface area contributed by atoms with Crippen LogP contribution < -0.4 is 19.6 Å². The molecule has 0 N–H and O–H groups in total. The van der Waals surface area contributed by atoms with Gasteiger partial charge in [0.1, 0.15) is 18.4 Å². The number of fused-ring (bicyclic) bond motifs is 1. The average Bonchev–Trinajstić information content (AvgIpc) is 3.23. The van der Waals surface area contributed by atoms with Crippen LogP contribution in [0.1, 0.15) is 36.6 Å². The summed E-state index contributed by atoms with van der Waals surface area (Å²) >= 11 is 22.4. The van der Waals surface area contributed by atoms with E-state index in [-0.39, 0.29) is 17.7 Å². The van der Waals surface area contributed by atoms with Gasteiger partial charge in [-0.2, -0.15) is 0 Å². The number of benzene rings is 3. The lowest BCUT2D eigenvalue weighted by Gasteiger charge is -2.25. The minimum Gasteiger partial charge on any atom is -0.487 e. The number of allylic oxidation sites excluding steroid dienone is 1. The smallest absolute Gasteiger partial charge is 0.338 e. The van der Waals surface area contributed by atoms with Gasteiger partial charge in [-0.15, -0.1) is 0 Å². The molecule has 0 fully saturated rings. The van der Waals surface area contributed by atoms with Crippen molar-refractivity contribution in [2.75, 3.05) is 6.61 Å². The van der Waals surface area contributed by atoms with Gasteiger partial charge in [0, 0.05) is 20.6 Å². The first-order valence-electron chi connectivity index (χ1n) is 12.5. The van der Waals surface area contributed by atoms with Gasteiger partial charge >= 0.3 is 5.97 Å². The van der Waals surface area contributed by atoms with Crippen molar-refractivity contribution in [3.05, 3.63) is 127 Å². The Bertz CT molecular complexity index is 1870. The number of esters is 1. The Morgan fingerprint density at radius 1 is 1.10 bits per heavy atom. The molecule has 1 aromatic heterocycles. The molecule has 210 valence electrons. The zero-order valence-corrected chi connectivity index (χ0v) is 27.0. The van der Waals surface area contributed by atoms with Crippen molar-refractivity contribution < 1.29 is 14.3 Å². The van der Waals surface area contributed by atoms with Gasteiger partial charge < -0.3 is 9.47 Å². The number of rotatable bonds is 7. The standard InChI is InChI=1S/C30H22Cl3IN2O4S/c1-3-39-29(38)25-16(2)35-30-36(26(25)21-6-4-5-7-22(21)33)28(37)24(41-30)13-18-12-20(32)14-23(34)27(18)40-15-17-8-10-19(31)11-9-17/h4-14,26H,3,15H2,1-2H3/b24-13-/t26-/m0/s1. The number of hydrogen-bond donors (Lipinski definition) is 0. The summed E-state index contributed by atoms with van der Waals surface area (Å²) in [4.78, 5) is 32.2. The molecule has 41 heavy (non-hydrogen) atoms. The van der Waals surface area contributed by atoms with Crippen LogP contribution in [-0.4, -0.2) is 17.1 Å². The average molecular weight is 740 g/mol. The Balaban J connectivity index is 1.65. The highest BCUT2D eigenvalue weighted by molar-refractivity contribution is 14.1. The van der Waals surface area contributed by atoms with E-state index >= 15 is 0 Å². The van der Waals surface area contributed by atoms with Gasteiger partial charge in [0.05, 0.1) is 26.0 Å². The molecule has 3 aromatic carbocycles. The molecule has 0 bridgehead atoms. The van der Waals surface area contributed by atoms with Gasteiger partial charge in [0.2, 0.25) is 0 Å². The third-order valence-electron chi connectivity index (χ3n) is 6.34. The van der Waals surface area contributed by atoms with E-state index in [4.69, 9.17) is 44.3 Å². The van der Waals surface area contributed by atoms with Crippen LogP contribution in [0.5, 0.6) is 5.75 Å². The summed E-state index contributed by atoms with van der Waals surface area (Å²) in [5, 5.41) is 1.56. The number of carbonyl (C=O) groups is 1. The topological polar surface area (TPSA) is 69.9 Å². The van der Waals surface area contributed by atoms with Gasteiger partial charge in [-0.25, -0.2) is 9.79 Å². The number of halogens is 4. The molecule has 0 radical (unpaired) electrons. The zero-order chi connectivity index (χ0) is 29.3. The van der Waals surface area contributed by atoms with E-state index in [2.05, 4.69) is 27.6 Å². The maximum atomic E-state index is 14.0. The Hall–Kier alpha value is -2.63. The fraction of sp³-hybridized carbons (Fsp3) is 0.167. The van der Waals surface area contributed by atoms with Crippen molar-refractivity contribution in [3.63, 3.8) is 0 Å². The van der Waals surface area contributed by atoms with Crippen molar-refractivity contribution in [2.45, 2.75) is 26.5 Å². The minimum atomic E-state index is -0.804. The SMILES string of the molecule is CCOC(=O)C1=C(C)N=c2s/c(=C\c3cc(Cl)cc(I)c3OCc3ccc(Cl)cc3)c(=O)n2[C@H]1c1ccccc1Cl. The lowest BCUT2D eigenvalue weighted by Crippen LogP contribution is -2.40. The number of carbonyl (C=O) groups excluding carboxylic acids is 1. The van der Waals surface area contributed by atoms with Crippen LogP contribution in [0.4, 0.5) is 0 Å². The van der Waals surface area contributed by atoms with Gasteiger partial charge in [-0.3, -0.25) is 9.36 Å². The second-order valence-corrected chi connectivity index (χ2v) is 12.5. The van der Waals surface area contributed by atoms with Crippen LogP contribution >= 0.6 is 68.7 Å². The Kier molecular flexibility index (Phi) is 9.25. The van der Waals surface area contributed by atoms with Crippen molar-refractivity contribution in [2.24, 2.45) is 4.99 Å². The summed E-state index contributed by atoms with van der Waals surface area (Å²) in [5.41, 5.74) is 2.58. The minimum absolute atomic E-state index is 0.182. The van der Waals surface area contributed by atoms with Crippen LogP contribution in [-0.2, 0) is 16.1 Å². The number of thiazole rings is 1. The molecule has 1 aliphatic rings. The third kappa shape index (κ3) is 6.27. The summed E-state index contributed by atoms with van der Waals surface area (Å²) in [6.07, 6.45) is 1.74. The lowest BCUT2D eigenvalue weighted by atomic mass is 9.96. The lowest BCUT2D eigenvalue weighted by molar-refractivity contribution is -0.139. The highest BCUT2D eigenvalue weighted by Crippen LogP contribution is 2.35. The molecule has 0 saturated carbocycles. The summed E-state index contributed by atoms with van der Waals surface area (Å²) in [7, 11) is 0. The predicted octanol–water partition coefficient (Wildman–Crippen LogP) is 6.94. The van der Waals surface area contributed by atoms with E-state index in [1.807, 2.05) is 18.2 Å². The van der Waals surface area contributed by atoms with Crippen molar-refractivity contribution in [3.8, 4) is 5.75 Å². The second kappa shape index (κ2) is 12.7. The monoisotopic (exact) mass is 738 g/mol. The van der Waals surface area contributed by atoms with Crippen molar-refractivity contribution in [1.29, 1.82) is 0 Å².